The number of methoxy groups -OCH3 is 1. The summed E-state index contributed by atoms with van der Waals surface area (Å²) < 4.78 is 5.08. The molecule has 1 aromatic carbocycles. The van der Waals surface area contributed by atoms with E-state index >= 15 is 0 Å². The molecule has 0 radical (unpaired) electrons. The molecule has 0 saturated carbocycles. The first-order valence-corrected chi connectivity index (χ1v) is 4.91. The highest BCUT2D eigenvalue weighted by atomic mass is 16.5. The molecule has 0 bridgehead atoms. The first-order valence-electron chi connectivity index (χ1n) is 4.91. The molecule has 0 spiro atoms. The standard InChI is InChI=1S/C12H18O2/c1-8(2)5-11-9(3)6-10(14-4)7-12(11)13/h6-8,13H,5H2,1-4H3. The number of aryl methyl sites for hydroxylation is 1. The molecule has 1 N–H and O–H groups in total. The van der Waals surface area contributed by atoms with Gasteiger partial charge in [0.15, 0.2) is 0 Å². The third-order valence-electron chi connectivity index (χ3n) is 2.27. The van der Waals surface area contributed by atoms with Gasteiger partial charge in [-0.2, -0.15) is 0 Å². The van der Waals surface area contributed by atoms with E-state index in [9.17, 15) is 5.11 Å². The van der Waals surface area contributed by atoms with Gasteiger partial charge in [-0.25, -0.2) is 0 Å². The van der Waals surface area contributed by atoms with Crippen LogP contribution < -0.4 is 4.74 Å². The Bertz CT molecular complexity index is 293. The minimum Gasteiger partial charge on any atom is -0.508 e. The lowest BCUT2D eigenvalue weighted by molar-refractivity contribution is 0.405. The summed E-state index contributed by atoms with van der Waals surface area (Å²) in [6.07, 6.45) is 0.904. The average molecular weight is 194 g/mol. The van der Waals surface area contributed by atoms with Crippen molar-refractivity contribution in [3.05, 3.63) is 23.3 Å². The second-order valence-corrected chi connectivity index (χ2v) is 4.04. The molecular weight excluding hydrogens is 176 g/mol. The van der Waals surface area contributed by atoms with Crippen molar-refractivity contribution in [1.29, 1.82) is 0 Å². The molecule has 0 fully saturated rings. The number of rotatable bonds is 3. The van der Waals surface area contributed by atoms with Gasteiger partial charge in [0.25, 0.3) is 0 Å². The third-order valence-corrected chi connectivity index (χ3v) is 2.27. The van der Waals surface area contributed by atoms with E-state index in [2.05, 4.69) is 13.8 Å². The number of aromatic hydroxyl groups is 1. The van der Waals surface area contributed by atoms with Crippen LogP contribution in [0.4, 0.5) is 0 Å². The zero-order valence-electron chi connectivity index (χ0n) is 9.29. The monoisotopic (exact) mass is 194 g/mol. The highest BCUT2D eigenvalue weighted by Crippen LogP contribution is 2.29. The molecule has 0 amide bonds. The molecule has 2 heteroatoms. The molecule has 1 rings (SSSR count). The van der Waals surface area contributed by atoms with Gasteiger partial charge in [0.2, 0.25) is 0 Å². The highest BCUT2D eigenvalue weighted by molar-refractivity contribution is 5.45. The fourth-order valence-electron chi connectivity index (χ4n) is 1.56. The molecule has 0 heterocycles. The van der Waals surface area contributed by atoms with Gasteiger partial charge in [-0.15, -0.1) is 0 Å². The van der Waals surface area contributed by atoms with Gasteiger partial charge in [0.1, 0.15) is 11.5 Å². The Morgan fingerprint density at radius 2 is 2.00 bits per heavy atom. The van der Waals surface area contributed by atoms with Gasteiger partial charge < -0.3 is 9.84 Å². The lowest BCUT2D eigenvalue weighted by atomic mass is 9.97. The fraction of sp³-hybridized carbons (Fsp3) is 0.500. The molecule has 0 saturated heterocycles. The largest absolute Gasteiger partial charge is 0.508 e. The second-order valence-electron chi connectivity index (χ2n) is 4.04. The lowest BCUT2D eigenvalue weighted by Crippen LogP contribution is -1.98. The van der Waals surface area contributed by atoms with Crippen LogP contribution in [0.2, 0.25) is 0 Å². The number of hydrogen-bond acceptors (Lipinski definition) is 2. The van der Waals surface area contributed by atoms with Crippen LogP contribution in [0.3, 0.4) is 0 Å². The Kier molecular flexibility index (Phi) is 3.39. The van der Waals surface area contributed by atoms with E-state index in [4.69, 9.17) is 4.74 Å². The molecule has 0 aliphatic carbocycles. The van der Waals surface area contributed by atoms with Crippen LogP contribution >= 0.6 is 0 Å². The van der Waals surface area contributed by atoms with Gasteiger partial charge in [0.05, 0.1) is 7.11 Å². The summed E-state index contributed by atoms with van der Waals surface area (Å²) in [4.78, 5) is 0. The summed E-state index contributed by atoms with van der Waals surface area (Å²) in [5.74, 6) is 1.61. The van der Waals surface area contributed by atoms with Crippen LogP contribution in [0.25, 0.3) is 0 Å². The van der Waals surface area contributed by atoms with E-state index in [1.54, 1.807) is 13.2 Å². The Balaban J connectivity index is 3.05. The quantitative estimate of drug-likeness (QED) is 0.801. The molecule has 0 unspecified atom stereocenters. The minimum absolute atomic E-state index is 0.343. The SMILES string of the molecule is COc1cc(C)c(CC(C)C)c(O)c1. The summed E-state index contributed by atoms with van der Waals surface area (Å²) >= 11 is 0. The van der Waals surface area contributed by atoms with Gasteiger partial charge in [-0.3, -0.25) is 0 Å². The summed E-state index contributed by atoms with van der Waals surface area (Å²) in [5, 5.41) is 9.77. The van der Waals surface area contributed by atoms with Crippen LogP contribution in [-0.2, 0) is 6.42 Å². The van der Waals surface area contributed by atoms with Crippen LogP contribution in [0.1, 0.15) is 25.0 Å². The first kappa shape index (κ1) is 10.9. The predicted octanol–water partition coefficient (Wildman–Crippen LogP) is 2.91. The average Bonchev–Trinajstić information content (AvgIpc) is 2.10. The van der Waals surface area contributed by atoms with E-state index in [-0.39, 0.29) is 0 Å². The Hall–Kier alpha value is -1.18. The molecule has 2 nitrogen and oxygen atoms in total. The molecule has 78 valence electrons. The van der Waals surface area contributed by atoms with Crippen molar-refractivity contribution < 1.29 is 9.84 Å². The molecular formula is C12H18O2. The zero-order valence-corrected chi connectivity index (χ0v) is 9.29. The van der Waals surface area contributed by atoms with Crippen LogP contribution in [0, 0.1) is 12.8 Å². The number of hydrogen-bond donors (Lipinski definition) is 1. The summed E-state index contributed by atoms with van der Waals surface area (Å²) in [6, 6.07) is 3.63. The summed E-state index contributed by atoms with van der Waals surface area (Å²) in [7, 11) is 1.61. The Morgan fingerprint density at radius 3 is 2.43 bits per heavy atom. The molecule has 0 aliphatic rings. The van der Waals surface area contributed by atoms with E-state index in [0.29, 0.717) is 17.4 Å². The van der Waals surface area contributed by atoms with Crippen LogP contribution in [0.15, 0.2) is 12.1 Å². The highest BCUT2D eigenvalue weighted by Gasteiger charge is 2.09. The number of ether oxygens (including phenoxy) is 1. The Labute approximate surface area is 85.5 Å². The second kappa shape index (κ2) is 4.36. The fourth-order valence-corrected chi connectivity index (χ4v) is 1.56. The van der Waals surface area contributed by atoms with Crippen molar-refractivity contribution in [1.82, 2.24) is 0 Å². The maximum absolute atomic E-state index is 9.77. The number of phenols is 1. The molecule has 0 atom stereocenters. The predicted molar refractivity (Wildman–Crippen MR) is 57.9 cm³/mol. The maximum Gasteiger partial charge on any atom is 0.122 e. The van der Waals surface area contributed by atoms with Gasteiger partial charge in [0, 0.05) is 6.07 Å². The molecule has 0 aliphatic heterocycles. The van der Waals surface area contributed by atoms with Crippen molar-refractivity contribution in [2.45, 2.75) is 27.2 Å². The molecule has 0 aromatic heterocycles. The van der Waals surface area contributed by atoms with Gasteiger partial charge in [-0.05, 0) is 36.5 Å². The zero-order chi connectivity index (χ0) is 10.7. The Morgan fingerprint density at radius 1 is 1.36 bits per heavy atom. The van der Waals surface area contributed by atoms with E-state index in [0.717, 1.165) is 17.5 Å². The van der Waals surface area contributed by atoms with Gasteiger partial charge >= 0.3 is 0 Å². The van der Waals surface area contributed by atoms with E-state index < -0.39 is 0 Å². The summed E-state index contributed by atoms with van der Waals surface area (Å²) in [5.41, 5.74) is 2.12. The van der Waals surface area contributed by atoms with Crippen molar-refractivity contribution in [2.75, 3.05) is 7.11 Å². The lowest BCUT2D eigenvalue weighted by Gasteiger charge is -2.12. The normalized spacial score (nSPS) is 10.6. The third kappa shape index (κ3) is 2.41. The number of benzene rings is 1. The van der Waals surface area contributed by atoms with E-state index in [1.807, 2.05) is 13.0 Å². The van der Waals surface area contributed by atoms with Crippen LogP contribution in [0.5, 0.6) is 11.5 Å². The van der Waals surface area contributed by atoms with Gasteiger partial charge in [-0.1, -0.05) is 13.8 Å². The van der Waals surface area contributed by atoms with Crippen molar-refractivity contribution in [3.8, 4) is 11.5 Å². The minimum atomic E-state index is 0.343. The number of phenolic OH excluding ortho intramolecular Hbond substituents is 1. The molecule has 14 heavy (non-hydrogen) atoms. The maximum atomic E-state index is 9.77. The van der Waals surface area contributed by atoms with Crippen molar-refractivity contribution in [2.24, 2.45) is 5.92 Å². The van der Waals surface area contributed by atoms with Crippen molar-refractivity contribution in [3.63, 3.8) is 0 Å². The molecule has 1 aromatic rings. The topological polar surface area (TPSA) is 29.5 Å². The summed E-state index contributed by atoms with van der Waals surface area (Å²) in [6.45, 7) is 6.28. The first-order chi connectivity index (χ1) is 6.54. The van der Waals surface area contributed by atoms with E-state index in [1.165, 1.54) is 0 Å². The van der Waals surface area contributed by atoms with Crippen molar-refractivity contribution >= 4 is 0 Å². The smallest absolute Gasteiger partial charge is 0.122 e. The van der Waals surface area contributed by atoms with Crippen LogP contribution in [-0.4, -0.2) is 12.2 Å².